The van der Waals surface area contributed by atoms with Gasteiger partial charge in [-0.15, -0.1) is 0 Å². The fourth-order valence-electron chi connectivity index (χ4n) is 1.48. The van der Waals surface area contributed by atoms with Gasteiger partial charge in [-0.05, 0) is 19.3 Å². The number of halogens is 1. The summed E-state index contributed by atoms with van der Waals surface area (Å²) in [5, 5.41) is 11.6. The zero-order chi connectivity index (χ0) is 11.8. The topological polar surface area (TPSA) is 75.1 Å². The number of carbonyl (C=O) groups is 1. The fraction of sp³-hybridized carbons (Fsp3) is 0.500. The van der Waals surface area contributed by atoms with Crippen LogP contribution in [0.1, 0.15) is 25.5 Å². The molecule has 1 aliphatic rings. The van der Waals surface area contributed by atoms with Crippen molar-refractivity contribution < 1.29 is 14.3 Å². The first-order valence-electron chi connectivity index (χ1n) is 5.10. The predicted molar refractivity (Wildman–Crippen MR) is 54.6 cm³/mol. The van der Waals surface area contributed by atoms with E-state index in [1.807, 2.05) is 0 Å². The van der Waals surface area contributed by atoms with E-state index in [1.54, 1.807) is 6.92 Å². The lowest BCUT2D eigenvalue weighted by atomic mass is 10.2. The third-order valence-electron chi connectivity index (χ3n) is 2.71. The molecule has 0 aromatic carbocycles. The molecule has 0 bridgehead atoms. The van der Waals surface area contributed by atoms with Crippen molar-refractivity contribution in [1.29, 1.82) is 0 Å². The van der Waals surface area contributed by atoms with Gasteiger partial charge in [0.15, 0.2) is 11.6 Å². The first kappa shape index (κ1) is 10.8. The molecule has 16 heavy (non-hydrogen) atoms. The molecule has 6 heteroatoms. The molecule has 1 aromatic heterocycles. The molecule has 0 atom stereocenters. The highest BCUT2D eigenvalue weighted by molar-refractivity contribution is 5.86. The number of carboxylic acids is 1. The average Bonchev–Trinajstić information content (AvgIpc) is 3.02. The molecule has 0 aliphatic heterocycles. The van der Waals surface area contributed by atoms with Crippen LogP contribution in [0.4, 0.5) is 10.2 Å². The lowest BCUT2D eigenvalue weighted by Gasteiger charge is -2.14. The number of nitrogens with zero attached hydrogens (tertiary/aromatic N) is 2. The maximum Gasteiger partial charge on any atom is 0.329 e. The smallest absolute Gasteiger partial charge is 0.329 e. The van der Waals surface area contributed by atoms with Crippen LogP contribution < -0.4 is 5.32 Å². The van der Waals surface area contributed by atoms with Crippen molar-refractivity contribution in [2.24, 2.45) is 0 Å². The van der Waals surface area contributed by atoms with E-state index in [0.717, 1.165) is 0 Å². The minimum Gasteiger partial charge on any atom is -0.480 e. The Labute approximate surface area is 91.7 Å². The Morgan fingerprint density at radius 3 is 2.81 bits per heavy atom. The highest BCUT2D eigenvalue weighted by Crippen LogP contribution is 2.39. The number of anilines is 1. The van der Waals surface area contributed by atoms with Crippen LogP contribution in [0.2, 0.25) is 0 Å². The molecule has 2 N–H and O–H groups in total. The third-order valence-corrected chi connectivity index (χ3v) is 2.71. The summed E-state index contributed by atoms with van der Waals surface area (Å²) in [7, 11) is 0. The second-order valence-electron chi connectivity index (χ2n) is 3.85. The van der Waals surface area contributed by atoms with Crippen LogP contribution in [0, 0.1) is 5.82 Å². The lowest BCUT2D eigenvalue weighted by molar-refractivity contribution is -0.138. The summed E-state index contributed by atoms with van der Waals surface area (Å²) in [6.45, 7) is 1.78. The Balaban J connectivity index is 2.25. The van der Waals surface area contributed by atoms with Gasteiger partial charge in [0, 0.05) is 0 Å². The Hall–Kier alpha value is -1.72. The van der Waals surface area contributed by atoms with Crippen molar-refractivity contribution in [3.8, 4) is 0 Å². The number of hydrogen-bond donors (Lipinski definition) is 2. The van der Waals surface area contributed by atoms with Gasteiger partial charge in [-0.1, -0.05) is 6.92 Å². The molecule has 2 rings (SSSR count). The van der Waals surface area contributed by atoms with E-state index in [9.17, 15) is 9.18 Å². The Morgan fingerprint density at radius 1 is 1.62 bits per heavy atom. The van der Waals surface area contributed by atoms with E-state index in [0.29, 0.717) is 25.0 Å². The molecule has 0 spiro atoms. The Kier molecular flexibility index (Phi) is 2.49. The summed E-state index contributed by atoms with van der Waals surface area (Å²) < 4.78 is 13.7. The van der Waals surface area contributed by atoms with Crippen molar-refractivity contribution in [1.82, 2.24) is 9.97 Å². The maximum absolute atomic E-state index is 13.7. The van der Waals surface area contributed by atoms with Crippen molar-refractivity contribution >= 4 is 11.8 Å². The summed E-state index contributed by atoms with van der Waals surface area (Å²) in [4.78, 5) is 18.4. The number of hydrogen-bond acceptors (Lipinski definition) is 4. The monoisotopic (exact) mass is 225 g/mol. The second-order valence-corrected chi connectivity index (χ2v) is 3.85. The van der Waals surface area contributed by atoms with Gasteiger partial charge in [0.05, 0.1) is 5.69 Å². The average molecular weight is 225 g/mol. The van der Waals surface area contributed by atoms with Crippen molar-refractivity contribution in [2.75, 3.05) is 5.32 Å². The molecular weight excluding hydrogens is 213 g/mol. The van der Waals surface area contributed by atoms with Crippen molar-refractivity contribution in [3.05, 3.63) is 17.8 Å². The number of carboxylic acid groups (broad SMARTS) is 1. The van der Waals surface area contributed by atoms with E-state index in [4.69, 9.17) is 5.11 Å². The normalized spacial score (nSPS) is 16.9. The highest BCUT2D eigenvalue weighted by Gasteiger charge is 2.51. The summed E-state index contributed by atoms with van der Waals surface area (Å²) in [6, 6.07) is 0. The van der Waals surface area contributed by atoms with E-state index in [2.05, 4.69) is 15.3 Å². The maximum atomic E-state index is 13.7. The molecule has 5 nitrogen and oxygen atoms in total. The summed E-state index contributed by atoms with van der Waals surface area (Å²) in [5.41, 5.74) is -0.737. The zero-order valence-corrected chi connectivity index (χ0v) is 8.83. The molecule has 0 saturated heterocycles. The number of aromatic nitrogens is 2. The predicted octanol–water partition coefficient (Wildman–Crippen LogP) is 1.21. The minimum atomic E-state index is -1.03. The minimum absolute atomic E-state index is 0.0215. The van der Waals surface area contributed by atoms with Gasteiger partial charge in [-0.25, -0.2) is 19.2 Å². The summed E-state index contributed by atoms with van der Waals surface area (Å²) in [6.07, 6.45) is 2.67. The van der Waals surface area contributed by atoms with Crippen LogP contribution in [0.3, 0.4) is 0 Å². The number of nitrogens with one attached hydrogen (secondary N) is 1. The SMILES string of the molecule is CCc1ncnc(NC2(C(=O)O)CC2)c1F. The van der Waals surface area contributed by atoms with Gasteiger partial charge >= 0.3 is 5.97 Å². The van der Waals surface area contributed by atoms with E-state index in [-0.39, 0.29) is 5.82 Å². The first-order chi connectivity index (χ1) is 7.59. The van der Waals surface area contributed by atoms with Gasteiger partial charge in [0.2, 0.25) is 0 Å². The van der Waals surface area contributed by atoms with Gasteiger partial charge in [-0.3, -0.25) is 0 Å². The molecule has 1 saturated carbocycles. The molecule has 1 aliphatic carbocycles. The van der Waals surface area contributed by atoms with Crippen LogP contribution in [0.15, 0.2) is 6.33 Å². The third kappa shape index (κ3) is 1.70. The molecule has 0 amide bonds. The molecular formula is C10H12FN3O2. The van der Waals surface area contributed by atoms with Crippen LogP contribution in [0.25, 0.3) is 0 Å². The molecule has 0 radical (unpaired) electrons. The first-order valence-corrected chi connectivity index (χ1v) is 5.10. The number of rotatable bonds is 4. The largest absolute Gasteiger partial charge is 0.480 e. The molecule has 86 valence electrons. The van der Waals surface area contributed by atoms with Crippen molar-refractivity contribution in [2.45, 2.75) is 31.7 Å². The van der Waals surface area contributed by atoms with Crippen LogP contribution in [-0.4, -0.2) is 26.6 Å². The van der Waals surface area contributed by atoms with Gasteiger partial charge < -0.3 is 10.4 Å². The number of aryl methyl sites for hydroxylation is 1. The lowest BCUT2D eigenvalue weighted by Crippen LogP contribution is -2.32. The van der Waals surface area contributed by atoms with Gasteiger partial charge in [-0.2, -0.15) is 0 Å². The van der Waals surface area contributed by atoms with Crippen molar-refractivity contribution in [3.63, 3.8) is 0 Å². The highest BCUT2D eigenvalue weighted by atomic mass is 19.1. The molecule has 0 unspecified atom stereocenters. The quantitative estimate of drug-likeness (QED) is 0.805. The van der Waals surface area contributed by atoms with E-state index in [1.165, 1.54) is 6.33 Å². The number of aliphatic carboxylic acids is 1. The molecule has 1 aromatic rings. The zero-order valence-electron chi connectivity index (χ0n) is 8.83. The fourth-order valence-corrected chi connectivity index (χ4v) is 1.48. The molecule has 1 heterocycles. The Morgan fingerprint density at radius 2 is 2.31 bits per heavy atom. The van der Waals surface area contributed by atoms with E-state index >= 15 is 0 Å². The summed E-state index contributed by atoms with van der Waals surface area (Å²) >= 11 is 0. The summed E-state index contributed by atoms with van der Waals surface area (Å²) in [5.74, 6) is -1.55. The molecule has 1 fully saturated rings. The standard InChI is InChI=1S/C10H12FN3O2/c1-2-6-7(11)8(13-5-12-6)14-10(3-4-10)9(15)16/h5H,2-4H2,1H3,(H,15,16)(H,12,13,14). The second kappa shape index (κ2) is 3.70. The van der Waals surface area contributed by atoms with Gasteiger partial charge in [0.1, 0.15) is 11.9 Å². The van der Waals surface area contributed by atoms with Crippen LogP contribution in [-0.2, 0) is 11.2 Å². The van der Waals surface area contributed by atoms with Gasteiger partial charge in [0.25, 0.3) is 0 Å². The van der Waals surface area contributed by atoms with E-state index < -0.39 is 17.3 Å². The van der Waals surface area contributed by atoms with Crippen LogP contribution in [0.5, 0.6) is 0 Å². The van der Waals surface area contributed by atoms with Crippen LogP contribution >= 0.6 is 0 Å². The Bertz CT molecular complexity index is 432.